The van der Waals surface area contributed by atoms with E-state index in [0.29, 0.717) is 15.6 Å². The summed E-state index contributed by atoms with van der Waals surface area (Å²) in [6, 6.07) is 0. The molecular weight excluding hydrogens is 213 g/mol. The molecule has 1 heterocycles. The van der Waals surface area contributed by atoms with Crippen LogP contribution in [0, 0.1) is 0 Å². The van der Waals surface area contributed by atoms with Gasteiger partial charge in [0.2, 0.25) is 0 Å². The molecule has 1 rings (SSSR count). The Bertz CT molecular complexity index is 343. The number of hydrogen-bond acceptors (Lipinski definition) is 2. The van der Waals surface area contributed by atoms with Gasteiger partial charge in [-0.3, -0.25) is 4.98 Å². The summed E-state index contributed by atoms with van der Waals surface area (Å²) in [5.41, 5.74) is 0.459. The first-order valence-electron chi connectivity index (χ1n) is 3.31. The normalized spacial score (nSPS) is 10.6. The van der Waals surface area contributed by atoms with Crippen molar-refractivity contribution < 1.29 is 9.90 Å². The lowest BCUT2D eigenvalue weighted by molar-refractivity contribution is -0.131. The number of aromatic nitrogens is 1. The minimum Gasteiger partial charge on any atom is -0.478 e. The van der Waals surface area contributed by atoms with Crippen LogP contribution in [-0.4, -0.2) is 16.1 Å². The highest BCUT2D eigenvalue weighted by atomic mass is 35.5. The van der Waals surface area contributed by atoms with Gasteiger partial charge < -0.3 is 5.11 Å². The van der Waals surface area contributed by atoms with Gasteiger partial charge >= 0.3 is 5.97 Å². The van der Waals surface area contributed by atoms with E-state index in [0.717, 1.165) is 6.08 Å². The number of aliphatic carboxylic acids is 1. The van der Waals surface area contributed by atoms with Gasteiger partial charge in [-0.25, -0.2) is 4.79 Å². The Labute approximate surface area is 84.6 Å². The summed E-state index contributed by atoms with van der Waals surface area (Å²) in [5, 5.41) is 9.02. The summed E-state index contributed by atoms with van der Waals surface area (Å²) in [6.07, 6.45) is 5.09. The Morgan fingerprint density at radius 2 is 1.92 bits per heavy atom. The molecule has 0 saturated heterocycles. The quantitative estimate of drug-likeness (QED) is 0.775. The molecule has 0 aliphatic carbocycles. The minimum absolute atomic E-state index is 0.324. The van der Waals surface area contributed by atoms with Gasteiger partial charge in [0.15, 0.2) is 0 Å². The van der Waals surface area contributed by atoms with Gasteiger partial charge in [0, 0.05) is 24.0 Å². The van der Waals surface area contributed by atoms with E-state index in [-0.39, 0.29) is 0 Å². The van der Waals surface area contributed by atoms with Gasteiger partial charge in [-0.1, -0.05) is 23.2 Å². The smallest absolute Gasteiger partial charge is 0.328 e. The van der Waals surface area contributed by atoms with Crippen LogP contribution in [0.5, 0.6) is 0 Å². The van der Waals surface area contributed by atoms with Crippen LogP contribution in [-0.2, 0) is 4.79 Å². The molecule has 0 unspecified atom stereocenters. The fourth-order valence-corrected chi connectivity index (χ4v) is 1.23. The van der Waals surface area contributed by atoms with E-state index in [9.17, 15) is 4.79 Å². The summed E-state index contributed by atoms with van der Waals surface area (Å²) in [7, 11) is 0. The molecule has 68 valence electrons. The van der Waals surface area contributed by atoms with Crippen molar-refractivity contribution in [1.82, 2.24) is 4.98 Å². The molecule has 0 aliphatic heterocycles. The van der Waals surface area contributed by atoms with Crippen LogP contribution >= 0.6 is 23.2 Å². The Balaban J connectivity index is 3.06. The second kappa shape index (κ2) is 4.25. The highest BCUT2D eigenvalue weighted by Gasteiger charge is 2.02. The van der Waals surface area contributed by atoms with Crippen LogP contribution in [0.1, 0.15) is 5.56 Å². The lowest BCUT2D eigenvalue weighted by Crippen LogP contribution is -1.87. The zero-order chi connectivity index (χ0) is 9.84. The predicted octanol–water partition coefficient (Wildman–Crippen LogP) is 2.49. The average Bonchev–Trinajstić information content (AvgIpc) is 2.03. The number of carboxylic acids is 1. The maximum absolute atomic E-state index is 10.2. The summed E-state index contributed by atoms with van der Waals surface area (Å²) < 4.78 is 0. The predicted molar refractivity (Wildman–Crippen MR) is 50.9 cm³/mol. The van der Waals surface area contributed by atoms with Crippen molar-refractivity contribution in [1.29, 1.82) is 0 Å². The van der Waals surface area contributed by atoms with E-state index in [1.54, 1.807) is 0 Å². The van der Waals surface area contributed by atoms with Gasteiger partial charge in [-0.05, 0) is 6.08 Å². The third-order valence-electron chi connectivity index (χ3n) is 1.28. The fraction of sp³-hybridized carbons (Fsp3) is 0. The molecule has 1 aromatic heterocycles. The molecule has 0 radical (unpaired) electrons. The largest absolute Gasteiger partial charge is 0.478 e. The molecular formula is C8H5Cl2NO2. The number of carbonyl (C=O) groups is 1. The molecule has 1 N–H and O–H groups in total. The average molecular weight is 218 g/mol. The van der Waals surface area contributed by atoms with E-state index in [1.807, 2.05) is 0 Å². The number of halogens is 2. The first-order valence-corrected chi connectivity index (χ1v) is 4.07. The molecule has 0 amide bonds. The third kappa shape index (κ3) is 2.72. The van der Waals surface area contributed by atoms with Gasteiger partial charge in [-0.2, -0.15) is 0 Å². The van der Waals surface area contributed by atoms with Crippen molar-refractivity contribution in [3.63, 3.8) is 0 Å². The topological polar surface area (TPSA) is 50.2 Å². The third-order valence-corrected chi connectivity index (χ3v) is 1.89. The van der Waals surface area contributed by atoms with Crippen molar-refractivity contribution >= 4 is 35.2 Å². The van der Waals surface area contributed by atoms with E-state index < -0.39 is 5.97 Å². The van der Waals surface area contributed by atoms with Crippen molar-refractivity contribution in [2.45, 2.75) is 0 Å². The molecule has 13 heavy (non-hydrogen) atoms. The number of carboxylic acid groups (broad SMARTS) is 1. The van der Waals surface area contributed by atoms with Crippen molar-refractivity contribution in [3.05, 3.63) is 34.1 Å². The molecule has 0 aliphatic rings. The number of nitrogens with zero attached hydrogens (tertiary/aromatic N) is 1. The molecule has 1 aromatic rings. The second-order valence-corrected chi connectivity index (χ2v) is 3.00. The first-order chi connectivity index (χ1) is 6.11. The van der Waals surface area contributed by atoms with E-state index in [4.69, 9.17) is 28.3 Å². The van der Waals surface area contributed by atoms with Crippen LogP contribution in [0.15, 0.2) is 18.5 Å². The Hall–Kier alpha value is -1.06. The second-order valence-electron chi connectivity index (χ2n) is 2.19. The van der Waals surface area contributed by atoms with E-state index >= 15 is 0 Å². The maximum atomic E-state index is 10.2. The Kier molecular flexibility index (Phi) is 3.28. The monoisotopic (exact) mass is 217 g/mol. The van der Waals surface area contributed by atoms with Crippen LogP contribution in [0.4, 0.5) is 0 Å². The van der Waals surface area contributed by atoms with Crippen molar-refractivity contribution in [3.8, 4) is 0 Å². The maximum Gasteiger partial charge on any atom is 0.328 e. The molecule has 0 aromatic carbocycles. The van der Waals surface area contributed by atoms with Gasteiger partial charge in [0.25, 0.3) is 0 Å². The van der Waals surface area contributed by atoms with E-state index in [1.165, 1.54) is 18.5 Å². The molecule has 0 fully saturated rings. The standard InChI is InChI=1S/C8H5Cl2NO2/c9-6-3-11-4-7(10)5(6)1-2-8(12)13/h1-4H,(H,12,13)/b2-1+. The summed E-state index contributed by atoms with van der Waals surface area (Å²) in [5.74, 6) is -1.05. The lowest BCUT2D eigenvalue weighted by atomic mass is 10.2. The highest BCUT2D eigenvalue weighted by molar-refractivity contribution is 6.36. The van der Waals surface area contributed by atoms with Crippen LogP contribution in [0.3, 0.4) is 0 Å². The van der Waals surface area contributed by atoms with E-state index in [2.05, 4.69) is 4.98 Å². The van der Waals surface area contributed by atoms with Crippen molar-refractivity contribution in [2.24, 2.45) is 0 Å². The number of pyridine rings is 1. The molecule has 0 bridgehead atoms. The first kappa shape index (κ1) is 10.0. The molecule has 5 heteroatoms. The number of hydrogen-bond donors (Lipinski definition) is 1. The number of rotatable bonds is 2. The zero-order valence-electron chi connectivity index (χ0n) is 6.37. The highest BCUT2D eigenvalue weighted by Crippen LogP contribution is 2.23. The van der Waals surface area contributed by atoms with Gasteiger partial charge in [0.05, 0.1) is 10.0 Å². The summed E-state index contributed by atoms with van der Waals surface area (Å²) >= 11 is 11.4. The Morgan fingerprint density at radius 3 is 2.38 bits per heavy atom. The van der Waals surface area contributed by atoms with Gasteiger partial charge in [0.1, 0.15) is 0 Å². The summed E-state index contributed by atoms with van der Waals surface area (Å²) in [4.78, 5) is 13.9. The van der Waals surface area contributed by atoms with Gasteiger partial charge in [-0.15, -0.1) is 0 Å². The molecule has 3 nitrogen and oxygen atoms in total. The minimum atomic E-state index is -1.05. The zero-order valence-corrected chi connectivity index (χ0v) is 7.88. The fourth-order valence-electron chi connectivity index (χ4n) is 0.735. The van der Waals surface area contributed by atoms with Crippen molar-refractivity contribution in [2.75, 3.05) is 0 Å². The SMILES string of the molecule is O=C(O)/C=C/c1c(Cl)cncc1Cl. The lowest BCUT2D eigenvalue weighted by Gasteiger charge is -1.98. The molecule has 0 spiro atoms. The Morgan fingerprint density at radius 1 is 1.38 bits per heavy atom. The van der Waals surface area contributed by atoms with Crippen LogP contribution in [0.25, 0.3) is 6.08 Å². The summed E-state index contributed by atoms with van der Waals surface area (Å²) in [6.45, 7) is 0. The molecule has 0 atom stereocenters. The van der Waals surface area contributed by atoms with Crippen LogP contribution < -0.4 is 0 Å². The van der Waals surface area contributed by atoms with Crippen LogP contribution in [0.2, 0.25) is 10.0 Å². The molecule has 0 saturated carbocycles.